The third-order valence-electron chi connectivity index (χ3n) is 3.23. The number of rotatable bonds is 4. The zero-order chi connectivity index (χ0) is 14.8. The Morgan fingerprint density at radius 1 is 1.55 bits per heavy atom. The molecule has 0 aliphatic carbocycles. The van der Waals surface area contributed by atoms with Gasteiger partial charge in [-0.1, -0.05) is 0 Å². The number of aromatic nitrogens is 2. The maximum atomic E-state index is 11.0. The van der Waals surface area contributed by atoms with Crippen LogP contribution in [0.15, 0.2) is 6.20 Å². The summed E-state index contributed by atoms with van der Waals surface area (Å²) in [6, 6.07) is 0.0945. The fourth-order valence-corrected chi connectivity index (χ4v) is 2.28. The van der Waals surface area contributed by atoms with Gasteiger partial charge in [0.2, 0.25) is 11.8 Å². The van der Waals surface area contributed by atoms with Gasteiger partial charge in [0.25, 0.3) is 0 Å². The van der Waals surface area contributed by atoms with Gasteiger partial charge in [-0.05, 0) is 26.7 Å². The first-order valence-corrected chi connectivity index (χ1v) is 6.51. The van der Waals surface area contributed by atoms with Crippen molar-refractivity contribution in [3.8, 4) is 0 Å². The molecule has 1 aliphatic heterocycles. The van der Waals surface area contributed by atoms with Crippen molar-refractivity contribution in [1.82, 2.24) is 9.97 Å². The Labute approximate surface area is 117 Å². The summed E-state index contributed by atoms with van der Waals surface area (Å²) >= 11 is 0. The fourth-order valence-electron chi connectivity index (χ4n) is 2.28. The summed E-state index contributed by atoms with van der Waals surface area (Å²) in [6.07, 6.45) is 2.77. The largest absolute Gasteiger partial charge is 0.375 e. The van der Waals surface area contributed by atoms with Gasteiger partial charge in [0.05, 0.1) is 10.5 Å². The van der Waals surface area contributed by atoms with Crippen LogP contribution < -0.4 is 10.6 Å². The van der Waals surface area contributed by atoms with Crippen LogP contribution in [0, 0.1) is 10.1 Å². The molecule has 1 atom stereocenters. The van der Waals surface area contributed by atoms with Crippen LogP contribution in [0.5, 0.6) is 0 Å². The summed E-state index contributed by atoms with van der Waals surface area (Å²) in [5.41, 5.74) is -0.350. The molecular weight excluding hydrogens is 262 g/mol. The van der Waals surface area contributed by atoms with Crippen molar-refractivity contribution in [3.05, 3.63) is 16.3 Å². The molecule has 0 radical (unpaired) electrons. The summed E-state index contributed by atoms with van der Waals surface area (Å²) in [4.78, 5) is 18.6. The van der Waals surface area contributed by atoms with E-state index in [0.29, 0.717) is 12.6 Å². The van der Waals surface area contributed by atoms with Crippen molar-refractivity contribution in [2.75, 3.05) is 24.3 Å². The molecule has 1 aromatic rings. The van der Waals surface area contributed by atoms with Crippen LogP contribution in [-0.2, 0) is 4.74 Å². The molecular formula is C12H19N5O3. The second-order valence-electron chi connectivity index (χ2n) is 5.38. The Balaban J connectivity index is 2.20. The molecule has 2 rings (SSSR count). The van der Waals surface area contributed by atoms with Gasteiger partial charge in [0.15, 0.2) is 0 Å². The van der Waals surface area contributed by atoms with Crippen molar-refractivity contribution < 1.29 is 9.66 Å². The highest BCUT2D eigenvalue weighted by Gasteiger charge is 2.30. The molecule has 1 aliphatic rings. The molecule has 0 aromatic carbocycles. The quantitative estimate of drug-likeness (QED) is 0.640. The average Bonchev–Trinajstić information content (AvgIpc) is 2.37. The van der Waals surface area contributed by atoms with E-state index in [0.717, 1.165) is 12.8 Å². The number of hydrogen-bond donors (Lipinski definition) is 2. The van der Waals surface area contributed by atoms with E-state index in [4.69, 9.17) is 4.74 Å². The molecule has 110 valence electrons. The topological polar surface area (TPSA) is 102 Å². The van der Waals surface area contributed by atoms with Gasteiger partial charge < -0.3 is 15.4 Å². The highest BCUT2D eigenvalue weighted by atomic mass is 16.6. The van der Waals surface area contributed by atoms with Crippen molar-refractivity contribution in [2.24, 2.45) is 0 Å². The number of anilines is 2. The molecule has 2 N–H and O–H groups in total. The van der Waals surface area contributed by atoms with Gasteiger partial charge in [-0.2, -0.15) is 4.98 Å². The molecule has 1 unspecified atom stereocenters. The first kappa shape index (κ1) is 14.4. The first-order chi connectivity index (χ1) is 9.41. The van der Waals surface area contributed by atoms with Crippen LogP contribution in [0.25, 0.3) is 0 Å². The lowest BCUT2D eigenvalue weighted by Gasteiger charge is -2.35. The van der Waals surface area contributed by atoms with E-state index in [9.17, 15) is 10.1 Å². The van der Waals surface area contributed by atoms with Gasteiger partial charge in [-0.25, -0.2) is 4.98 Å². The molecule has 1 saturated heterocycles. The normalized spacial score (nSPS) is 21.2. The maximum absolute atomic E-state index is 11.0. The van der Waals surface area contributed by atoms with Crippen LogP contribution in [0.2, 0.25) is 0 Å². The molecule has 8 heteroatoms. The van der Waals surface area contributed by atoms with Crippen molar-refractivity contribution in [1.29, 1.82) is 0 Å². The highest BCUT2D eigenvalue weighted by molar-refractivity contribution is 5.57. The number of nitro groups is 1. The monoisotopic (exact) mass is 281 g/mol. The summed E-state index contributed by atoms with van der Waals surface area (Å²) in [7, 11) is 1.67. The predicted molar refractivity (Wildman–Crippen MR) is 74.9 cm³/mol. The second kappa shape index (κ2) is 5.58. The van der Waals surface area contributed by atoms with Crippen molar-refractivity contribution >= 4 is 17.5 Å². The van der Waals surface area contributed by atoms with Crippen LogP contribution >= 0.6 is 0 Å². The molecule has 1 aromatic heterocycles. The van der Waals surface area contributed by atoms with Crippen LogP contribution in [-0.4, -0.2) is 40.2 Å². The predicted octanol–water partition coefficient (Wildman–Crippen LogP) is 1.80. The van der Waals surface area contributed by atoms with Crippen LogP contribution in [0.1, 0.15) is 26.7 Å². The van der Waals surface area contributed by atoms with Gasteiger partial charge >= 0.3 is 5.69 Å². The van der Waals surface area contributed by atoms with Gasteiger partial charge in [-0.3, -0.25) is 10.1 Å². The summed E-state index contributed by atoms with van der Waals surface area (Å²) in [5, 5.41) is 17.0. The lowest BCUT2D eigenvalue weighted by molar-refractivity contribution is -0.384. The summed E-state index contributed by atoms with van der Waals surface area (Å²) in [5.74, 6) is 0.599. The first-order valence-electron chi connectivity index (χ1n) is 6.51. The fraction of sp³-hybridized carbons (Fsp3) is 0.667. The molecule has 0 spiro atoms. The molecule has 1 fully saturated rings. The van der Waals surface area contributed by atoms with E-state index in [1.165, 1.54) is 6.20 Å². The Bertz CT molecular complexity index is 506. The van der Waals surface area contributed by atoms with Crippen LogP contribution in [0.3, 0.4) is 0 Å². The summed E-state index contributed by atoms with van der Waals surface area (Å²) in [6.45, 7) is 4.64. The third kappa shape index (κ3) is 3.32. The molecule has 0 bridgehead atoms. The van der Waals surface area contributed by atoms with E-state index >= 15 is 0 Å². The minimum Gasteiger partial charge on any atom is -0.375 e. The number of nitrogens with zero attached hydrogens (tertiary/aromatic N) is 3. The Hall–Kier alpha value is -1.96. The third-order valence-corrected chi connectivity index (χ3v) is 3.23. The van der Waals surface area contributed by atoms with Gasteiger partial charge in [0, 0.05) is 19.7 Å². The average molecular weight is 281 g/mol. The Morgan fingerprint density at radius 2 is 2.30 bits per heavy atom. The standard InChI is InChI=1S/C12H19N5O3/c1-12(2)6-8(4-5-20-12)15-10-9(17(18)19)7-14-11(13-3)16-10/h7-8H,4-6H2,1-3H3,(H2,13,14,15,16). The minimum atomic E-state index is -0.480. The molecule has 0 saturated carbocycles. The zero-order valence-corrected chi connectivity index (χ0v) is 11.8. The van der Waals surface area contributed by atoms with E-state index in [2.05, 4.69) is 20.6 Å². The number of hydrogen-bond acceptors (Lipinski definition) is 7. The van der Waals surface area contributed by atoms with Gasteiger partial charge in [-0.15, -0.1) is 0 Å². The van der Waals surface area contributed by atoms with Crippen molar-refractivity contribution in [2.45, 2.75) is 38.3 Å². The smallest absolute Gasteiger partial charge is 0.329 e. The lowest BCUT2D eigenvalue weighted by atomic mass is 9.94. The lowest BCUT2D eigenvalue weighted by Crippen LogP contribution is -2.40. The maximum Gasteiger partial charge on any atom is 0.329 e. The van der Waals surface area contributed by atoms with E-state index in [1.54, 1.807) is 7.05 Å². The number of nitrogens with one attached hydrogen (secondary N) is 2. The molecule has 20 heavy (non-hydrogen) atoms. The highest BCUT2D eigenvalue weighted by Crippen LogP contribution is 2.29. The number of ether oxygens (including phenoxy) is 1. The summed E-state index contributed by atoms with van der Waals surface area (Å²) < 4.78 is 5.64. The van der Waals surface area contributed by atoms with E-state index in [-0.39, 0.29) is 23.1 Å². The van der Waals surface area contributed by atoms with Crippen molar-refractivity contribution in [3.63, 3.8) is 0 Å². The van der Waals surface area contributed by atoms with Gasteiger partial charge in [0.1, 0.15) is 6.20 Å². The van der Waals surface area contributed by atoms with Crippen LogP contribution in [0.4, 0.5) is 17.5 Å². The SMILES string of the molecule is CNc1ncc([N+](=O)[O-])c(NC2CCOC(C)(C)C2)n1. The minimum absolute atomic E-state index is 0.0945. The molecule has 0 amide bonds. The second-order valence-corrected chi connectivity index (χ2v) is 5.38. The molecule has 2 heterocycles. The zero-order valence-electron chi connectivity index (χ0n) is 11.8. The molecule has 8 nitrogen and oxygen atoms in total. The Morgan fingerprint density at radius 3 is 2.90 bits per heavy atom. The van der Waals surface area contributed by atoms with E-state index < -0.39 is 4.92 Å². The van der Waals surface area contributed by atoms with E-state index in [1.807, 2.05) is 13.8 Å². The Kier molecular flexibility index (Phi) is 4.03.